The number of pyridine rings is 1. The predicted molar refractivity (Wildman–Crippen MR) is 99.4 cm³/mol. The second-order valence-corrected chi connectivity index (χ2v) is 7.02. The van der Waals surface area contributed by atoms with Gasteiger partial charge in [0.2, 0.25) is 0 Å². The van der Waals surface area contributed by atoms with Gasteiger partial charge in [0.25, 0.3) is 0 Å². The number of para-hydroxylation sites is 1. The third kappa shape index (κ3) is 5.23. The SMILES string of the molecule is CO[C@@H]1CCN(Cc2ccc3ccccc3n2)[C@H]2CCO[C@H]12.O=C(O)C(F)(F)F. The van der Waals surface area contributed by atoms with Crippen LogP contribution in [0.2, 0.25) is 0 Å². The first kappa shape index (κ1) is 21.5. The second kappa shape index (κ2) is 9.06. The van der Waals surface area contributed by atoms with Crippen molar-refractivity contribution in [3.8, 4) is 0 Å². The number of likely N-dealkylation sites (tertiary alicyclic amines) is 1. The zero-order chi connectivity index (χ0) is 21.0. The molecule has 4 rings (SSSR count). The fourth-order valence-corrected chi connectivity index (χ4v) is 3.82. The van der Waals surface area contributed by atoms with Crippen LogP contribution in [0.1, 0.15) is 18.5 Å². The van der Waals surface area contributed by atoms with Crippen LogP contribution in [0.3, 0.4) is 0 Å². The van der Waals surface area contributed by atoms with Gasteiger partial charge in [0.1, 0.15) is 0 Å². The Morgan fingerprint density at radius 2 is 2.00 bits per heavy atom. The van der Waals surface area contributed by atoms with Crippen LogP contribution in [0.4, 0.5) is 13.2 Å². The summed E-state index contributed by atoms with van der Waals surface area (Å²) >= 11 is 0. The zero-order valence-corrected chi connectivity index (χ0v) is 15.9. The van der Waals surface area contributed by atoms with Crippen molar-refractivity contribution in [2.24, 2.45) is 0 Å². The van der Waals surface area contributed by atoms with Gasteiger partial charge >= 0.3 is 12.1 Å². The Labute approximate surface area is 166 Å². The molecule has 2 aliphatic rings. The molecule has 1 N–H and O–H groups in total. The van der Waals surface area contributed by atoms with E-state index in [-0.39, 0.29) is 12.2 Å². The van der Waals surface area contributed by atoms with Crippen molar-refractivity contribution < 1.29 is 32.5 Å². The van der Waals surface area contributed by atoms with E-state index in [1.54, 1.807) is 7.11 Å². The zero-order valence-electron chi connectivity index (χ0n) is 15.9. The standard InChI is InChI=1S/C18H22N2O2.C2HF3O2/c1-21-17-8-10-20(16-9-11-22-18(16)17)12-14-7-6-13-4-2-3-5-15(13)19-14;3-2(4,5)1(6)7/h2-7,16-18H,8-12H2,1H3;(H,6,7)/t16-,17+,18-;/m0./s1. The number of carboxylic acid groups (broad SMARTS) is 1. The molecule has 0 amide bonds. The summed E-state index contributed by atoms with van der Waals surface area (Å²) in [6.07, 6.45) is -2.49. The molecule has 9 heteroatoms. The van der Waals surface area contributed by atoms with Crippen LogP contribution in [0.15, 0.2) is 36.4 Å². The van der Waals surface area contributed by atoms with Gasteiger partial charge in [-0.15, -0.1) is 0 Å². The number of hydrogen-bond donors (Lipinski definition) is 1. The number of ether oxygens (including phenoxy) is 2. The Hall–Kier alpha value is -2.23. The van der Waals surface area contributed by atoms with Gasteiger partial charge in [-0.25, -0.2) is 4.79 Å². The number of methoxy groups -OCH3 is 1. The molecule has 2 aromatic rings. The van der Waals surface area contributed by atoms with E-state index in [2.05, 4.69) is 35.2 Å². The van der Waals surface area contributed by atoms with Crippen LogP contribution in [0, 0.1) is 0 Å². The largest absolute Gasteiger partial charge is 0.490 e. The lowest BCUT2D eigenvalue weighted by Crippen LogP contribution is -2.52. The van der Waals surface area contributed by atoms with E-state index >= 15 is 0 Å². The molecular weight excluding hydrogens is 389 g/mol. The van der Waals surface area contributed by atoms with E-state index in [0.717, 1.165) is 43.7 Å². The molecule has 0 unspecified atom stereocenters. The highest BCUT2D eigenvalue weighted by molar-refractivity contribution is 5.78. The van der Waals surface area contributed by atoms with Crippen molar-refractivity contribution in [2.75, 3.05) is 20.3 Å². The normalized spacial score (nSPS) is 24.6. The number of aromatic nitrogens is 1. The van der Waals surface area contributed by atoms with Gasteiger partial charge in [-0.3, -0.25) is 9.88 Å². The lowest BCUT2D eigenvalue weighted by atomic mass is 9.95. The maximum Gasteiger partial charge on any atom is 0.490 e. The molecule has 0 radical (unpaired) electrons. The minimum Gasteiger partial charge on any atom is -0.475 e. The van der Waals surface area contributed by atoms with E-state index in [9.17, 15) is 13.2 Å². The molecule has 1 aromatic heterocycles. The maximum absolute atomic E-state index is 10.6. The number of fused-ring (bicyclic) bond motifs is 2. The number of carboxylic acids is 1. The molecule has 3 atom stereocenters. The van der Waals surface area contributed by atoms with Crippen LogP contribution in [0.5, 0.6) is 0 Å². The molecule has 0 saturated carbocycles. The summed E-state index contributed by atoms with van der Waals surface area (Å²) in [6, 6.07) is 13.1. The molecule has 0 spiro atoms. The fourth-order valence-electron chi connectivity index (χ4n) is 3.82. The van der Waals surface area contributed by atoms with Gasteiger partial charge < -0.3 is 14.6 Å². The molecule has 3 heterocycles. The first-order valence-corrected chi connectivity index (χ1v) is 9.33. The van der Waals surface area contributed by atoms with Crippen molar-refractivity contribution in [1.82, 2.24) is 9.88 Å². The smallest absolute Gasteiger partial charge is 0.475 e. The van der Waals surface area contributed by atoms with Crippen LogP contribution >= 0.6 is 0 Å². The average Bonchev–Trinajstić information content (AvgIpc) is 3.18. The van der Waals surface area contributed by atoms with E-state index in [1.165, 1.54) is 5.39 Å². The van der Waals surface area contributed by atoms with Gasteiger partial charge in [0.05, 0.1) is 23.4 Å². The number of benzene rings is 1. The van der Waals surface area contributed by atoms with Crippen molar-refractivity contribution in [2.45, 2.75) is 43.8 Å². The summed E-state index contributed by atoms with van der Waals surface area (Å²) in [5.41, 5.74) is 2.21. The monoisotopic (exact) mass is 412 g/mol. The van der Waals surface area contributed by atoms with Crippen LogP contribution < -0.4 is 0 Å². The van der Waals surface area contributed by atoms with E-state index in [4.69, 9.17) is 24.4 Å². The number of hydrogen-bond acceptors (Lipinski definition) is 5. The summed E-state index contributed by atoms with van der Waals surface area (Å²) in [5, 5.41) is 8.33. The Kier molecular flexibility index (Phi) is 6.71. The number of halogens is 3. The molecule has 2 fully saturated rings. The first-order chi connectivity index (χ1) is 13.8. The molecule has 29 heavy (non-hydrogen) atoms. The van der Waals surface area contributed by atoms with Crippen LogP contribution in [-0.2, 0) is 20.8 Å². The Morgan fingerprint density at radius 1 is 1.28 bits per heavy atom. The van der Waals surface area contributed by atoms with Gasteiger partial charge in [-0.2, -0.15) is 13.2 Å². The van der Waals surface area contributed by atoms with E-state index in [1.807, 2.05) is 6.07 Å². The van der Waals surface area contributed by atoms with Gasteiger partial charge in [0.15, 0.2) is 0 Å². The van der Waals surface area contributed by atoms with Gasteiger partial charge in [-0.1, -0.05) is 24.3 Å². The summed E-state index contributed by atoms with van der Waals surface area (Å²) in [7, 11) is 1.80. The van der Waals surface area contributed by atoms with Crippen molar-refractivity contribution in [3.05, 3.63) is 42.1 Å². The number of carbonyl (C=O) groups is 1. The minimum absolute atomic E-state index is 0.221. The number of rotatable bonds is 3. The topological polar surface area (TPSA) is 71.9 Å². The lowest BCUT2D eigenvalue weighted by Gasteiger charge is -2.40. The predicted octanol–water partition coefficient (Wildman–Crippen LogP) is 3.25. The van der Waals surface area contributed by atoms with Gasteiger partial charge in [-0.05, 0) is 25.0 Å². The van der Waals surface area contributed by atoms with Gasteiger partial charge in [0, 0.05) is 38.2 Å². The number of nitrogens with zero attached hydrogens (tertiary/aromatic N) is 2. The van der Waals surface area contributed by atoms with Crippen molar-refractivity contribution in [1.29, 1.82) is 0 Å². The fraction of sp³-hybridized carbons (Fsp3) is 0.500. The molecule has 2 aliphatic heterocycles. The Bertz CT molecular complexity index is 846. The summed E-state index contributed by atoms with van der Waals surface area (Å²) in [6.45, 7) is 2.79. The lowest BCUT2D eigenvalue weighted by molar-refractivity contribution is -0.192. The maximum atomic E-state index is 10.6. The van der Waals surface area contributed by atoms with Crippen molar-refractivity contribution in [3.63, 3.8) is 0 Å². The van der Waals surface area contributed by atoms with E-state index in [0.29, 0.717) is 6.04 Å². The highest BCUT2D eigenvalue weighted by Crippen LogP contribution is 2.31. The quantitative estimate of drug-likeness (QED) is 0.835. The molecule has 6 nitrogen and oxygen atoms in total. The van der Waals surface area contributed by atoms with Crippen LogP contribution in [-0.4, -0.2) is 65.6 Å². The molecule has 1 aromatic carbocycles. The Morgan fingerprint density at radius 3 is 2.69 bits per heavy atom. The minimum atomic E-state index is -5.08. The summed E-state index contributed by atoms with van der Waals surface area (Å²) in [4.78, 5) is 16.2. The Balaban J connectivity index is 0.000000298. The third-order valence-electron chi connectivity index (χ3n) is 5.21. The first-order valence-electron chi connectivity index (χ1n) is 9.33. The number of piperidine rings is 1. The molecule has 0 bridgehead atoms. The van der Waals surface area contributed by atoms with Crippen molar-refractivity contribution >= 4 is 16.9 Å². The highest BCUT2D eigenvalue weighted by atomic mass is 19.4. The molecule has 158 valence electrons. The number of alkyl halides is 3. The van der Waals surface area contributed by atoms with Crippen LogP contribution in [0.25, 0.3) is 10.9 Å². The molecule has 0 aliphatic carbocycles. The highest BCUT2D eigenvalue weighted by Gasteiger charge is 2.42. The second-order valence-electron chi connectivity index (χ2n) is 7.02. The third-order valence-corrected chi connectivity index (χ3v) is 5.21. The molecular formula is C20H23F3N2O4. The summed E-state index contributed by atoms with van der Waals surface area (Å²) in [5.74, 6) is -2.76. The van der Waals surface area contributed by atoms with E-state index < -0.39 is 12.1 Å². The molecule has 2 saturated heterocycles. The average molecular weight is 412 g/mol. The number of aliphatic carboxylic acids is 1. The summed E-state index contributed by atoms with van der Waals surface area (Å²) < 4.78 is 43.2.